The van der Waals surface area contributed by atoms with Crippen LogP contribution in [0.5, 0.6) is 0 Å². The molecule has 4 rings (SSSR count). The van der Waals surface area contributed by atoms with E-state index in [-0.39, 0.29) is 34.8 Å². The van der Waals surface area contributed by atoms with Crippen LogP contribution in [-0.2, 0) is 26.7 Å². The number of thiophene rings is 1. The number of nitrogens with zero attached hydrogens (tertiary/aromatic N) is 2. The molecule has 2 unspecified atom stereocenters. The Morgan fingerprint density at radius 3 is 2.35 bits per heavy atom. The van der Waals surface area contributed by atoms with Crippen LogP contribution in [0.3, 0.4) is 0 Å². The van der Waals surface area contributed by atoms with Gasteiger partial charge < -0.3 is 4.90 Å². The maximum Gasteiger partial charge on any atom is 0.243 e. The first-order chi connectivity index (χ1) is 17.4. The summed E-state index contributed by atoms with van der Waals surface area (Å²) in [4.78, 5) is 17.3. The van der Waals surface area contributed by atoms with Gasteiger partial charge in [-0.2, -0.15) is 4.31 Å². The predicted octanol–water partition coefficient (Wildman–Crippen LogP) is 6.77. The molecule has 3 aromatic rings. The van der Waals surface area contributed by atoms with Gasteiger partial charge in [0.25, 0.3) is 0 Å². The molecule has 8 heteroatoms. The molecule has 5 nitrogen and oxygen atoms in total. The molecular formula is C29H35BrN2O3S2. The third-order valence-electron chi connectivity index (χ3n) is 7.17. The topological polar surface area (TPSA) is 57.7 Å². The molecule has 0 saturated carbocycles. The molecule has 0 N–H and O–H groups in total. The van der Waals surface area contributed by atoms with Crippen molar-refractivity contribution >= 4 is 43.2 Å². The second kappa shape index (κ2) is 11.0. The summed E-state index contributed by atoms with van der Waals surface area (Å²) in [6, 6.07) is 16.7. The molecule has 0 radical (unpaired) electrons. The van der Waals surface area contributed by atoms with E-state index >= 15 is 0 Å². The van der Waals surface area contributed by atoms with E-state index in [1.165, 1.54) is 14.7 Å². The van der Waals surface area contributed by atoms with Crippen molar-refractivity contribution in [2.75, 3.05) is 13.1 Å². The second-order valence-corrected chi connectivity index (χ2v) is 14.5. The average Bonchev–Trinajstić information content (AvgIpc) is 3.35. The summed E-state index contributed by atoms with van der Waals surface area (Å²) in [5.41, 5.74) is 3.45. The third-order valence-corrected chi connectivity index (χ3v) is 10.7. The Morgan fingerprint density at radius 2 is 1.76 bits per heavy atom. The number of sulfonamides is 1. The average molecular weight is 604 g/mol. The highest BCUT2D eigenvalue weighted by molar-refractivity contribution is 9.10. The molecular weight excluding hydrogens is 568 g/mol. The SMILES string of the molecule is CCC(C)N(CC(=O)N1CCc2sccc2C1c1ccc(C(C)(C)C)cc1)S(=O)(=O)c1ccc(Br)cc1. The summed E-state index contributed by atoms with van der Waals surface area (Å²) in [6.07, 6.45) is 1.38. The van der Waals surface area contributed by atoms with Crippen molar-refractivity contribution in [2.45, 2.75) is 69.9 Å². The normalized spacial score (nSPS) is 17.1. The fraction of sp³-hybridized carbons (Fsp3) is 0.414. The molecule has 0 fully saturated rings. The standard InChI is InChI=1S/C29H35BrN2O3S2/c1-6-20(2)32(37(34,35)24-13-11-23(30)12-14-24)19-27(33)31-17-15-26-25(16-18-36-26)28(31)21-7-9-22(10-8-21)29(3,4)5/h7-14,16,18,20,28H,6,15,17,19H2,1-5H3. The molecule has 2 heterocycles. The van der Waals surface area contributed by atoms with E-state index < -0.39 is 10.0 Å². The van der Waals surface area contributed by atoms with Gasteiger partial charge in [0, 0.05) is 21.9 Å². The van der Waals surface area contributed by atoms with Gasteiger partial charge in [0.2, 0.25) is 15.9 Å². The minimum absolute atomic E-state index is 0.0340. The Balaban J connectivity index is 1.68. The van der Waals surface area contributed by atoms with Crippen molar-refractivity contribution in [3.63, 3.8) is 0 Å². The lowest BCUT2D eigenvalue weighted by molar-refractivity contribution is -0.133. The number of fused-ring (bicyclic) bond motifs is 1. The number of carbonyl (C=O) groups is 1. The maximum atomic E-state index is 13.9. The fourth-order valence-electron chi connectivity index (χ4n) is 4.76. The molecule has 1 aliphatic rings. The van der Waals surface area contributed by atoms with Crippen LogP contribution < -0.4 is 0 Å². The van der Waals surface area contributed by atoms with Crippen LogP contribution in [0.2, 0.25) is 0 Å². The first-order valence-corrected chi connectivity index (χ1v) is 15.8. The number of hydrogen-bond acceptors (Lipinski definition) is 4. The summed E-state index contributed by atoms with van der Waals surface area (Å²) in [5.74, 6) is -0.178. The minimum Gasteiger partial charge on any atom is -0.330 e. The van der Waals surface area contributed by atoms with Crippen LogP contribution in [0.4, 0.5) is 0 Å². The monoisotopic (exact) mass is 602 g/mol. The van der Waals surface area contributed by atoms with Gasteiger partial charge in [0.05, 0.1) is 17.5 Å². The van der Waals surface area contributed by atoms with E-state index in [1.54, 1.807) is 35.6 Å². The van der Waals surface area contributed by atoms with Gasteiger partial charge in [-0.1, -0.05) is 67.9 Å². The van der Waals surface area contributed by atoms with Crippen molar-refractivity contribution < 1.29 is 13.2 Å². The summed E-state index contributed by atoms with van der Waals surface area (Å²) in [6.45, 7) is 10.7. The van der Waals surface area contributed by atoms with Gasteiger partial charge in [0.1, 0.15) is 0 Å². The van der Waals surface area contributed by atoms with Crippen LogP contribution in [0.1, 0.15) is 68.6 Å². The Morgan fingerprint density at radius 1 is 1.11 bits per heavy atom. The van der Waals surface area contributed by atoms with Crippen molar-refractivity contribution in [3.05, 3.63) is 86.0 Å². The van der Waals surface area contributed by atoms with E-state index in [2.05, 4.69) is 72.4 Å². The van der Waals surface area contributed by atoms with Crippen molar-refractivity contribution in [1.29, 1.82) is 0 Å². The van der Waals surface area contributed by atoms with Gasteiger partial charge in [-0.3, -0.25) is 4.79 Å². The fourth-order valence-corrected chi connectivity index (χ4v) is 7.58. The Kier molecular flexibility index (Phi) is 8.34. The molecule has 1 amide bonds. The second-order valence-electron chi connectivity index (χ2n) is 10.7. The van der Waals surface area contributed by atoms with Gasteiger partial charge in [-0.15, -0.1) is 11.3 Å². The number of amides is 1. The number of carbonyl (C=O) groups excluding carboxylic acids is 1. The molecule has 0 spiro atoms. The van der Waals surface area contributed by atoms with E-state index in [9.17, 15) is 13.2 Å². The van der Waals surface area contributed by atoms with Crippen LogP contribution in [0.25, 0.3) is 0 Å². The number of rotatable bonds is 7. The highest BCUT2D eigenvalue weighted by Gasteiger charge is 2.37. The highest BCUT2D eigenvalue weighted by Crippen LogP contribution is 2.39. The van der Waals surface area contributed by atoms with E-state index in [1.807, 2.05) is 18.7 Å². The van der Waals surface area contributed by atoms with E-state index in [0.29, 0.717) is 13.0 Å². The molecule has 37 heavy (non-hydrogen) atoms. The molecule has 1 aromatic heterocycles. The summed E-state index contributed by atoms with van der Waals surface area (Å²) in [7, 11) is -3.85. The molecule has 0 bridgehead atoms. The molecule has 2 atom stereocenters. The van der Waals surface area contributed by atoms with Crippen LogP contribution in [-0.4, -0.2) is 42.7 Å². The maximum absolute atomic E-state index is 13.9. The van der Waals surface area contributed by atoms with Gasteiger partial charge in [-0.05, 0) is 77.6 Å². The van der Waals surface area contributed by atoms with Gasteiger partial charge >= 0.3 is 0 Å². The smallest absolute Gasteiger partial charge is 0.243 e. The highest BCUT2D eigenvalue weighted by atomic mass is 79.9. The lowest BCUT2D eigenvalue weighted by atomic mass is 9.85. The molecule has 0 saturated heterocycles. The summed E-state index contributed by atoms with van der Waals surface area (Å²) < 4.78 is 29.5. The summed E-state index contributed by atoms with van der Waals surface area (Å²) >= 11 is 5.09. The summed E-state index contributed by atoms with van der Waals surface area (Å²) in [5, 5.41) is 2.08. The van der Waals surface area contributed by atoms with Crippen molar-refractivity contribution in [3.8, 4) is 0 Å². The van der Waals surface area contributed by atoms with Crippen molar-refractivity contribution in [1.82, 2.24) is 9.21 Å². The zero-order chi connectivity index (χ0) is 27.0. The van der Waals surface area contributed by atoms with Gasteiger partial charge in [-0.25, -0.2) is 8.42 Å². The van der Waals surface area contributed by atoms with E-state index in [0.717, 1.165) is 22.0 Å². The quantitative estimate of drug-likeness (QED) is 0.300. The Bertz CT molecular complexity index is 1340. The molecule has 1 aliphatic heterocycles. The first kappa shape index (κ1) is 28.0. The molecule has 2 aromatic carbocycles. The molecule has 198 valence electrons. The molecule has 0 aliphatic carbocycles. The van der Waals surface area contributed by atoms with E-state index in [4.69, 9.17) is 0 Å². The number of benzene rings is 2. The lowest BCUT2D eigenvalue weighted by Gasteiger charge is -2.38. The predicted molar refractivity (Wildman–Crippen MR) is 155 cm³/mol. The number of halogens is 1. The third kappa shape index (κ3) is 5.87. The number of hydrogen-bond donors (Lipinski definition) is 0. The Hall–Kier alpha value is -2.00. The van der Waals surface area contributed by atoms with Crippen LogP contribution >= 0.6 is 27.3 Å². The van der Waals surface area contributed by atoms with Gasteiger partial charge in [0.15, 0.2) is 0 Å². The Labute approximate surface area is 233 Å². The first-order valence-electron chi connectivity index (χ1n) is 12.7. The lowest BCUT2D eigenvalue weighted by Crippen LogP contribution is -2.49. The zero-order valence-electron chi connectivity index (χ0n) is 22.1. The minimum atomic E-state index is -3.85. The largest absolute Gasteiger partial charge is 0.330 e. The van der Waals surface area contributed by atoms with Crippen LogP contribution in [0, 0.1) is 0 Å². The van der Waals surface area contributed by atoms with Crippen molar-refractivity contribution in [2.24, 2.45) is 0 Å². The zero-order valence-corrected chi connectivity index (χ0v) is 25.3. The van der Waals surface area contributed by atoms with Crippen LogP contribution in [0.15, 0.2) is 69.3 Å².